The minimum absolute atomic E-state index is 0.297. The number of aromatic nitrogens is 2. The molecule has 18 heavy (non-hydrogen) atoms. The molecule has 0 radical (unpaired) electrons. The summed E-state index contributed by atoms with van der Waals surface area (Å²) < 4.78 is 13.0. The highest BCUT2D eigenvalue weighted by Gasteiger charge is 2.18. The lowest BCUT2D eigenvalue weighted by Crippen LogP contribution is -2.08. The molecule has 5 heteroatoms. The number of nitrogens with zero attached hydrogens (tertiary/aromatic N) is 2. The molecule has 0 atom stereocenters. The van der Waals surface area contributed by atoms with Gasteiger partial charge >= 0.3 is 0 Å². The largest absolute Gasteiger partial charge is 0.454 e. The molecule has 0 aliphatic carbocycles. The Morgan fingerprint density at radius 1 is 1.33 bits per heavy atom. The van der Waals surface area contributed by atoms with Crippen molar-refractivity contribution < 1.29 is 9.47 Å². The predicted octanol–water partition coefficient (Wildman–Crippen LogP) is 1.68. The van der Waals surface area contributed by atoms with E-state index in [2.05, 4.69) is 16.5 Å². The van der Waals surface area contributed by atoms with Crippen molar-refractivity contribution >= 4 is 11.0 Å². The van der Waals surface area contributed by atoms with Gasteiger partial charge in [0.05, 0.1) is 11.0 Å². The van der Waals surface area contributed by atoms with E-state index >= 15 is 0 Å². The highest BCUT2D eigenvalue weighted by Crippen LogP contribution is 2.36. The third-order valence-electron chi connectivity index (χ3n) is 3.22. The van der Waals surface area contributed by atoms with Crippen molar-refractivity contribution in [2.24, 2.45) is 5.73 Å². The predicted molar refractivity (Wildman–Crippen MR) is 68.9 cm³/mol. The quantitative estimate of drug-likeness (QED) is 0.892. The Labute approximate surface area is 106 Å². The monoisotopic (exact) mass is 247 g/mol. The minimum atomic E-state index is 0.297. The number of fused-ring (bicyclic) bond motifs is 2. The molecule has 3 rings (SSSR count). The summed E-state index contributed by atoms with van der Waals surface area (Å²) in [7, 11) is 0. The molecule has 96 valence electrons. The lowest BCUT2D eigenvalue weighted by Gasteiger charge is -2.07. The number of nitrogens with two attached hydrogens (primary N) is 1. The Hall–Kier alpha value is -1.75. The summed E-state index contributed by atoms with van der Waals surface area (Å²) >= 11 is 0. The average molecular weight is 247 g/mol. The van der Waals surface area contributed by atoms with Crippen LogP contribution >= 0.6 is 0 Å². The van der Waals surface area contributed by atoms with Crippen LogP contribution in [0.25, 0.3) is 11.0 Å². The van der Waals surface area contributed by atoms with E-state index in [0.717, 1.165) is 47.7 Å². The smallest absolute Gasteiger partial charge is 0.231 e. The van der Waals surface area contributed by atoms with Gasteiger partial charge in [0.2, 0.25) is 6.79 Å². The van der Waals surface area contributed by atoms with Crippen LogP contribution in [0.5, 0.6) is 11.5 Å². The van der Waals surface area contributed by atoms with E-state index in [1.54, 1.807) is 0 Å². The Morgan fingerprint density at radius 2 is 2.11 bits per heavy atom. The van der Waals surface area contributed by atoms with Crippen LogP contribution in [0.4, 0.5) is 0 Å². The van der Waals surface area contributed by atoms with Gasteiger partial charge in [-0.05, 0) is 13.0 Å². The van der Waals surface area contributed by atoms with E-state index in [1.165, 1.54) is 0 Å². The topological polar surface area (TPSA) is 62.3 Å². The van der Waals surface area contributed by atoms with E-state index in [9.17, 15) is 0 Å². The fourth-order valence-corrected chi connectivity index (χ4v) is 2.33. The second-order valence-electron chi connectivity index (χ2n) is 4.37. The molecular formula is C13H17N3O2. The van der Waals surface area contributed by atoms with Gasteiger partial charge in [-0.15, -0.1) is 0 Å². The Kier molecular flexibility index (Phi) is 2.83. The third-order valence-corrected chi connectivity index (χ3v) is 3.22. The van der Waals surface area contributed by atoms with Crippen LogP contribution in [0.3, 0.4) is 0 Å². The number of hydrogen-bond donors (Lipinski definition) is 1. The molecular weight excluding hydrogens is 230 g/mol. The summed E-state index contributed by atoms with van der Waals surface area (Å²) in [6, 6.07) is 3.97. The van der Waals surface area contributed by atoms with Crippen LogP contribution in [0, 0.1) is 0 Å². The van der Waals surface area contributed by atoms with Gasteiger partial charge in [0, 0.05) is 25.1 Å². The normalized spacial score (nSPS) is 13.4. The molecule has 0 amide bonds. The number of rotatable bonds is 4. The Bertz CT molecular complexity index is 577. The molecule has 5 nitrogen and oxygen atoms in total. The average Bonchev–Trinajstić information content (AvgIpc) is 2.96. The van der Waals surface area contributed by atoms with Gasteiger partial charge in [0.1, 0.15) is 5.82 Å². The van der Waals surface area contributed by atoms with Gasteiger partial charge in [-0.25, -0.2) is 4.98 Å². The minimum Gasteiger partial charge on any atom is -0.454 e. The van der Waals surface area contributed by atoms with Crippen molar-refractivity contribution in [3.63, 3.8) is 0 Å². The van der Waals surface area contributed by atoms with Gasteiger partial charge in [-0.3, -0.25) is 0 Å². The van der Waals surface area contributed by atoms with Crippen LogP contribution in [0.1, 0.15) is 19.2 Å². The summed E-state index contributed by atoms with van der Waals surface area (Å²) in [5.74, 6) is 2.68. The number of imidazole rings is 1. The Balaban J connectivity index is 2.12. The number of aryl methyl sites for hydroxylation is 2. The van der Waals surface area contributed by atoms with Gasteiger partial charge in [0.15, 0.2) is 11.5 Å². The first-order valence-electron chi connectivity index (χ1n) is 6.32. The van der Waals surface area contributed by atoms with E-state index in [1.807, 2.05) is 12.1 Å². The van der Waals surface area contributed by atoms with Crippen molar-refractivity contribution in [2.75, 3.05) is 13.3 Å². The summed E-state index contributed by atoms with van der Waals surface area (Å²) in [6.45, 7) is 4.00. The fraction of sp³-hybridized carbons (Fsp3) is 0.462. The second-order valence-corrected chi connectivity index (χ2v) is 4.37. The highest BCUT2D eigenvalue weighted by atomic mass is 16.7. The summed E-state index contributed by atoms with van der Waals surface area (Å²) in [6.07, 6.45) is 1.86. The standard InChI is InChI=1S/C13H17N3O2/c1-2-13-15-9-6-11-12(18-8-17-11)7-10(9)16(13)5-3-4-14/h6-7H,2-5,8,14H2,1H3. The summed E-state index contributed by atoms with van der Waals surface area (Å²) in [5.41, 5.74) is 7.66. The zero-order valence-electron chi connectivity index (χ0n) is 10.5. The van der Waals surface area contributed by atoms with Gasteiger partial charge < -0.3 is 19.8 Å². The maximum atomic E-state index is 5.59. The molecule has 0 unspecified atom stereocenters. The highest BCUT2D eigenvalue weighted by molar-refractivity contribution is 5.81. The fourth-order valence-electron chi connectivity index (χ4n) is 2.33. The Morgan fingerprint density at radius 3 is 2.83 bits per heavy atom. The zero-order chi connectivity index (χ0) is 12.5. The lowest BCUT2D eigenvalue weighted by molar-refractivity contribution is 0.174. The third kappa shape index (κ3) is 1.71. The van der Waals surface area contributed by atoms with Crippen LogP contribution < -0.4 is 15.2 Å². The van der Waals surface area contributed by atoms with Crippen molar-refractivity contribution in [3.05, 3.63) is 18.0 Å². The zero-order valence-corrected chi connectivity index (χ0v) is 10.5. The van der Waals surface area contributed by atoms with Crippen molar-refractivity contribution in [2.45, 2.75) is 26.3 Å². The maximum Gasteiger partial charge on any atom is 0.231 e. The molecule has 0 bridgehead atoms. The van der Waals surface area contributed by atoms with Crippen molar-refractivity contribution in [1.29, 1.82) is 0 Å². The number of hydrogen-bond acceptors (Lipinski definition) is 4. The van der Waals surface area contributed by atoms with Crippen LogP contribution in [-0.4, -0.2) is 22.9 Å². The first-order valence-corrected chi connectivity index (χ1v) is 6.32. The van der Waals surface area contributed by atoms with E-state index in [0.29, 0.717) is 13.3 Å². The van der Waals surface area contributed by atoms with E-state index < -0.39 is 0 Å². The van der Waals surface area contributed by atoms with E-state index in [-0.39, 0.29) is 0 Å². The molecule has 2 N–H and O–H groups in total. The first kappa shape index (κ1) is 11.3. The van der Waals surface area contributed by atoms with Gasteiger partial charge in [-0.2, -0.15) is 0 Å². The van der Waals surface area contributed by atoms with Crippen LogP contribution in [0.15, 0.2) is 12.1 Å². The molecule has 1 aromatic carbocycles. The first-order chi connectivity index (χ1) is 8.83. The van der Waals surface area contributed by atoms with Crippen molar-refractivity contribution in [1.82, 2.24) is 9.55 Å². The maximum absolute atomic E-state index is 5.59. The molecule has 0 saturated heterocycles. The SMILES string of the molecule is CCc1nc2cc3c(cc2n1CCCN)OCO3. The molecule has 0 spiro atoms. The molecule has 0 fully saturated rings. The summed E-state index contributed by atoms with van der Waals surface area (Å²) in [5, 5.41) is 0. The van der Waals surface area contributed by atoms with E-state index in [4.69, 9.17) is 15.2 Å². The van der Waals surface area contributed by atoms with Gasteiger partial charge in [0.25, 0.3) is 0 Å². The summed E-state index contributed by atoms with van der Waals surface area (Å²) in [4.78, 5) is 4.65. The second kappa shape index (κ2) is 4.49. The molecule has 1 aromatic heterocycles. The lowest BCUT2D eigenvalue weighted by atomic mass is 10.2. The molecule has 2 aromatic rings. The molecule has 2 heterocycles. The number of benzene rings is 1. The van der Waals surface area contributed by atoms with Crippen LogP contribution in [-0.2, 0) is 13.0 Å². The number of ether oxygens (including phenoxy) is 2. The van der Waals surface area contributed by atoms with Crippen molar-refractivity contribution in [3.8, 4) is 11.5 Å². The molecule has 1 aliphatic heterocycles. The van der Waals surface area contributed by atoms with Gasteiger partial charge in [-0.1, -0.05) is 6.92 Å². The molecule has 1 aliphatic rings. The molecule has 0 saturated carbocycles. The van der Waals surface area contributed by atoms with Crippen LogP contribution in [0.2, 0.25) is 0 Å².